The predicted octanol–water partition coefficient (Wildman–Crippen LogP) is 3.24. The van der Waals surface area contributed by atoms with Gasteiger partial charge in [0.1, 0.15) is 5.60 Å². The van der Waals surface area contributed by atoms with Gasteiger partial charge in [-0.05, 0) is 44.9 Å². The van der Waals surface area contributed by atoms with Crippen molar-refractivity contribution in [3.63, 3.8) is 0 Å². The van der Waals surface area contributed by atoms with Crippen molar-refractivity contribution in [2.45, 2.75) is 39.7 Å². The Labute approximate surface area is 152 Å². The Morgan fingerprint density at radius 1 is 1.12 bits per heavy atom. The van der Waals surface area contributed by atoms with Gasteiger partial charge in [-0.15, -0.1) is 0 Å². The summed E-state index contributed by atoms with van der Waals surface area (Å²) in [5, 5.41) is 0. The molecule has 1 aliphatic heterocycles. The first-order chi connectivity index (χ1) is 11.8. The van der Waals surface area contributed by atoms with Gasteiger partial charge in [0.2, 0.25) is 0 Å². The first-order valence-corrected chi connectivity index (χ1v) is 9.29. The minimum atomic E-state index is -0.440. The third-order valence-electron chi connectivity index (χ3n) is 4.54. The molecule has 2 rings (SSSR count). The second-order valence-corrected chi connectivity index (χ2v) is 7.75. The van der Waals surface area contributed by atoms with E-state index in [1.165, 1.54) is 11.3 Å². The number of carbonyl (C=O) groups excluding carboxylic acids is 1. The Bertz CT molecular complexity index is 543. The molecule has 5 heteroatoms. The van der Waals surface area contributed by atoms with E-state index < -0.39 is 5.60 Å². The van der Waals surface area contributed by atoms with E-state index in [2.05, 4.69) is 41.0 Å². The molecule has 0 atom stereocenters. The number of benzene rings is 1. The lowest BCUT2D eigenvalue weighted by Crippen LogP contribution is -2.49. The highest BCUT2D eigenvalue weighted by Crippen LogP contribution is 2.17. The SMILES string of the molecule is CCc1ccc(N2CCN(CCN(C)C(=O)OC(C)(C)C)CC2)cc1. The van der Waals surface area contributed by atoms with Crippen LogP contribution in [0.3, 0.4) is 0 Å². The quantitative estimate of drug-likeness (QED) is 0.819. The molecule has 0 saturated carbocycles. The van der Waals surface area contributed by atoms with E-state index in [-0.39, 0.29) is 6.09 Å². The molecule has 1 aromatic rings. The third-order valence-corrected chi connectivity index (χ3v) is 4.54. The molecule has 25 heavy (non-hydrogen) atoms. The van der Waals surface area contributed by atoms with Gasteiger partial charge < -0.3 is 14.5 Å². The monoisotopic (exact) mass is 347 g/mol. The van der Waals surface area contributed by atoms with Crippen molar-refractivity contribution >= 4 is 11.8 Å². The fourth-order valence-corrected chi connectivity index (χ4v) is 2.89. The van der Waals surface area contributed by atoms with Crippen molar-refractivity contribution in [2.75, 3.05) is 51.2 Å². The lowest BCUT2D eigenvalue weighted by atomic mass is 10.1. The molecule has 0 spiro atoms. The maximum absolute atomic E-state index is 12.0. The molecule has 140 valence electrons. The number of likely N-dealkylation sites (N-methyl/N-ethyl adjacent to an activating group) is 1. The first kappa shape index (κ1) is 19.6. The van der Waals surface area contributed by atoms with Crippen LogP contribution in [0.4, 0.5) is 10.5 Å². The molecule has 0 N–H and O–H groups in total. The molecule has 1 aliphatic rings. The van der Waals surface area contributed by atoms with Gasteiger partial charge in [0.25, 0.3) is 0 Å². The number of carbonyl (C=O) groups is 1. The largest absolute Gasteiger partial charge is 0.444 e. The van der Waals surface area contributed by atoms with Crippen molar-refractivity contribution in [2.24, 2.45) is 0 Å². The van der Waals surface area contributed by atoms with Gasteiger partial charge >= 0.3 is 6.09 Å². The molecular weight excluding hydrogens is 314 g/mol. The van der Waals surface area contributed by atoms with Crippen molar-refractivity contribution in [1.82, 2.24) is 9.80 Å². The van der Waals surface area contributed by atoms with Crippen LogP contribution in [-0.2, 0) is 11.2 Å². The minimum Gasteiger partial charge on any atom is -0.444 e. The van der Waals surface area contributed by atoms with Gasteiger partial charge in [-0.25, -0.2) is 4.79 Å². The van der Waals surface area contributed by atoms with Gasteiger partial charge in [0.15, 0.2) is 0 Å². The molecule has 5 nitrogen and oxygen atoms in total. The van der Waals surface area contributed by atoms with E-state index in [0.717, 1.165) is 39.1 Å². The van der Waals surface area contributed by atoms with Crippen LogP contribution in [-0.4, -0.2) is 67.8 Å². The molecule has 1 saturated heterocycles. The lowest BCUT2D eigenvalue weighted by Gasteiger charge is -2.36. The van der Waals surface area contributed by atoms with Crippen LogP contribution in [0.1, 0.15) is 33.3 Å². The standard InChI is InChI=1S/C20H33N3O2/c1-6-17-7-9-18(10-8-17)23-15-13-22(14-16-23)12-11-21(5)19(24)25-20(2,3)4/h7-10H,6,11-16H2,1-5H3. The smallest absolute Gasteiger partial charge is 0.410 e. The third kappa shape index (κ3) is 6.24. The van der Waals surface area contributed by atoms with Gasteiger partial charge in [-0.2, -0.15) is 0 Å². The Balaban J connectivity index is 1.73. The van der Waals surface area contributed by atoms with Crippen LogP contribution in [0.5, 0.6) is 0 Å². The zero-order valence-corrected chi connectivity index (χ0v) is 16.4. The average molecular weight is 348 g/mol. The molecule has 0 aromatic heterocycles. The van der Waals surface area contributed by atoms with Crippen molar-refractivity contribution in [3.05, 3.63) is 29.8 Å². The fourth-order valence-electron chi connectivity index (χ4n) is 2.89. The number of aryl methyl sites for hydroxylation is 1. The lowest BCUT2D eigenvalue weighted by molar-refractivity contribution is 0.0282. The average Bonchev–Trinajstić information content (AvgIpc) is 2.58. The molecule has 0 aliphatic carbocycles. The van der Waals surface area contributed by atoms with E-state index in [0.29, 0.717) is 6.54 Å². The summed E-state index contributed by atoms with van der Waals surface area (Å²) in [5.41, 5.74) is 2.25. The summed E-state index contributed by atoms with van der Waals surface area (Å²) >= 11 is 0. The number of anilines is 1. The Hall–Kier alpha value is -1.75. The minimum absolute atomic E-state index is 0.248. The maximum Gasteiger partial charge on any atom is 0.410 e. The van der Waals surface area contributed by atoms with Crippen molar-refractivity contribution < 1.29 is 9.53 Å². The van der Waals surface area contributed by atoms with Crippen LogP contribution < -0.4 is 4.90 Å². The highest BCUT2D eigenvalue weighted by molar-refractivity contribution is 5.67. The maximum atomic E-state index is 12.0. The van der Waals surface area contributed by atoms with Gasteiger partial charge in [-0.1, -0.05) is 19.1 Å². The van der Waals surface area contributed by atoms with E-state index in [9.17, 15) is 4.79 Å². The van der Waals surface area contributed by atoms with E-state index in [4.69, 9.17) is 4.74 Å². The van der Waals surface area contributed by atoms with Crippen LogP contribution in [0.15, 0.2) is 24.3 Å². The molecule has 1 heterocycles. The Kier molecular flexibility index (Phi) is 6.71. The van der Waals surface area contributed by atoms with Crippen molar-refractivity contribution in [1.29, 1.82) is 0 Å². The second kappa shape index (κ2) is 8.56. The van der Waals surface area contributed by atoms with Gasteiger partial charge in [-0.3, -0.25) is 4.90 Å². The molecule has 1 amide bonds. The summed E-state index contributed by atoms with van der Waals surface area (Å²) in [4.78, 5) is 18.5. The highest BCUT2D eigenvalue weighted by atomic mass is 16.6. The summed E-state index contributed by atoms with van der Waals surface area (Å²) in [7, 11) is 1.81. The predicted molar refractivity (Wildman–Crippen MR) is 103 cm³/mol. The van der Waals surface area contributed by atoms with Crippen LogP contribution >= 0.6 is 0 Å². The Morgan fingerprint density at radius 3 is 2.24 bits per heavy atom. The number of piperazine rings is 1. The number of hydrogen-bond donors (Lipinski definition) is 0. The first-order valence-electron chi connectivity index (χ1n) is 9.29. The van der Waals surface area contributed by atoms with E-state index in [1.807, 2.05) is 20.8 Å². The molecule has 0 bridgehead atoms. The normalized spacial score (nSPS) is 16.0. The van der Waals surface area contributed by atoms with Gasteiger partial charge in [0.05, 0.1) is 0 Å². The molecular formula is C20H33N3O2. The molecule has 0 radical (unpaired) electrons. The summed E-state index contributed by atoms with van der Waals surface area (Å²) < 4.78 is 5.39. The summed E-state index contributed by atoms with van der Waals surface area (Å²) in [6.07, 6.45) is 0.835. The number of rotatable bonds is 5. The molecule has 1 fully saturated rings. The summed E-state index contributed by atoms with van der Waals surface area (Å²) in [5.74, 6) is 0. The number of hydrogen-bond acceptors (Lipinski definition) is 4. The molecule has 0 unspecified atom stereocenters. The van der Waals surface area contributed by atoms with Crippen molar-refractivity contribution in [3.8, 4) is 0 Å². The summed E-state index contributed by atoms with van der Waals surface area (Å²) in [6.45, 7) is 13.6. The fraction of sp³-hybridized carbons (Fsp3) is 0.650. The zero-order valence-electron chi connectivity index (χ0n) is 16.4. The Morgan fingerprint density at radius 2 is 1.72 bits per heavy atom. The molecule has 1 aromatic carbocycles. The van der Waals surface area contributed by atoms with Crippen LogP contribution in [0, 0.1) is 0 Å². The number of nitrogens with zero attached hydrogens (tertiary/aromatic N) is 3. The second-order valence-electron chi connectivity index (χ2n) is 7.75. The van der Waals surface area contributed by atoms with E-state index >= 15 is 0 Å². The van der Waals surface area contributed by atoms with Crippen LogP contribution in [0.25, 0.3) is 0 Å². The number of ether oxygens (including phenoxy) is 1. The number of amides is 1. The van der Waals surface area contributed by atoms with E-state index in [1.54, 1.807) is 11.9 Å². The topological polar surface area (TPSA) is 36.0 Å². The summed E-state index contributed by atoms with van der Waals surface area (Å²) in [6, 6.07) is 8.89. The highest BCUT2D eigenvalue weighted by Gasteiger charge is 2.21. The van der Waals surface area contributed by atoms with Crippen LogP contribution in [0.2, 0.25) is 0 Å². The zero-order chi connectivity index (χ0) is 18.4. The van der Waals surface area contributed by atoms with Gasteiger partial charge in [0, 0.05) is 52.0 Å².